The molecule has 1 aliphatic rings. The van der Waals surface area contributed by atoms with Gasteiger partial charge in [-0.15, -0.1) is 0 Å². The van der Waals surface area contributed by atoms with E-state index in [0.29, 0.717) is 23.6 Å². The smallest absolute Gasteiger partial charge is 0.244 e. The number of nitriles is 1. The van der Waals surface area contributed by atoms with E-state index in [0.717, 1.165) is 22.9 Å². The third kappa shape index (κ3) is 2.77. The molecule has 1 aromatic rings. The fourth-order valence-corrected chi connectivity index (χ4v) is 3.07. The minimum absolute atomic E-state index is 0.229. The number of anilines is 1. The lowest BCUT2D eigenvalue weighted by Gasteiger charge is -2.20. The van der Waals surface area contributed by atoms with Gasteiger partial charge in [0.25, 0.3) is 0 Å². The summed E-state index contributed by atoms with van der Waals surface area (Å²) < 4.78 is 0.772. The van der Waals surface area contributed by atoms with Crippen LogP contribution in [0.2, 0.25) is 5.02 Å². The maximum absolute atomic E-state index is 12.3. The standard InChI is InChI=1S/C14H14BrClN2O/c1-9-6-10(15)12(7-11(9)16)18-13(19)14(8-17)4-2-3-5-14/h6-7H,2-5H2,1H3,(H,18,19). The molecular formula is C14H14BrClN2O. The number of amides is 1. The molecule has 1 aromatic carbocycles. The first-order valence-electron chi connectivity index (χ1n) is 6.17. The molecule has 0 aromatic heterocycles. The van der Waals surface area contributed by atoms with Crippen molar-refractivity contribution in [3.63, 3.8) is 0 Å². The van der Waals surface area contributed by atoms with Gasteiger partial charge < -0.3 is 5.32 Å². The lowest BCUT2D eigenvalue weighted by Crippen LogP contribution is -2.32. The summed E-state index contributed by atoms with van der Waals surface area (Å²) in [5.74, 6) is -0.229. The molecule has 1 amide bonds. The van der Waals surface area contributed by atoms with Gasteiger partial charge in [0.05, 0.1) is 11.8 Å². The molecule has 1 saturated carbocycles. The average Bonchev–Trinajstić information content (AvgIpc) is 2.86. The van der Waals surface area contributed by atoms with Crippen molar-refractivity contribution >= 4 is 39.1 Å². The van der Waals surface area contributed by atoms with Crippen LogP contribution in [0.3, 0.4) is 0 Å². The molecule has 1 aliphatic carbocycles. The van der Waals surface area contributed by atoms with Crippen molar-refractivity contribution in [3.8, 4) is 6.07 Å². The number of nitrogens with zero attached hydrogens (tertiary/aromatic N) is 1. The van der Waals surface area contributed by atoms with E-state index in [-0.39, 0.29) is 5.91 Å². The zero-order valence-electron chi connectivity index (χ0n) is 10.6. The Morgan fingerprint density at radius 2 is 2.11 bits per heavy atom. The predicted octanol–water partition coefficient (Wildman–Crippen LogP) is 4.43. The van der Waals surface area contributed by atoms with E-state index in [9.17, 15) is 10.1 Å². The van der Waals surface area contributed by atoms with Crippen LogP contribution in [0, 0.1) is 23.7 Å². The number of carbonyl (C=O) groups is 1. The molecule has 1 N–H and O–H groups in total. The summed E-state index contributed by atoms with van der Waals surface area (Å²) >= 11 is 9.46. The minimum atomic E-state index is -0.878. The molecule has 19 heavy (non-hydrogen) atoms. The zero-order valence-corrected chi connectivity index (χ0v) is 12.9. The Balaban J connectivity index is 2.24. The number of carbonyl (C=O) groups excluding carboxylic acids is 1. The summed E-state index contributed by atoms with van der Waals surface area (Å²) in [5.41, 5.74) is 0.668. The van der Waals surface area contributed by atoms with E-state index >= 15 is 0 Å². The number of hydrogen-bond acceptors (Lipinski definition) is 2. The van der Waals surface area contributed by atoms with Gasteiger partial charge in [0, 0.05) is 9.50 Å². The Hall–Kier alpha value is -1.05. The van der Waals surface area contributed by atoms with Crippen LogP contribution in [-0.4, -0.2) is 5.91 Å². The second-order valence-corrected chi connectivity index (χ2v) is 6.20. The van der Waals surface area contributed by atoms with Gasteiger partial charge in [-0.1, -0.05) is 24.4 Å². The van der Waals surface area contributed by atoms with Crippen molar-refractivity contribution < 1.29 is 4.79 Å². The van der Waals surface area contributed by atoms with E-state index in [2.05, 4.69) is 27.3 Å². The van der Waals surface area contributed by atoms with Gasteiger partial charge in [-0.2, -0.15) is 5.26 Å². The Labute approximate surface area is 126 Å². The van der Waals surface area contributed by atoms with E-state index in [1.807, 2.05) is 13.0 Å². The Morgan fingerprint density at radius 3 is 2.68 bits per heavy atom. The highest BCUT2D eigenvalue weighted by molar-refractivity contribution is 9.10. The summed E-state index contributed by atoms with van der Waals surface area (Å²) in [5, 5.41) is 12.7. The average molecular weight is 342 g/mol. The molecule has 0 aliphatic heterocycles. The molecule has 5 heteroatoms. The molecule has 0 spiro atoms. The highest BCUT2D eigenvalue weighted by Gasteiger charge is 2.41. The third-order valence-corrected chi connectivity index (χ3v) is 4.67. The topological polar surface area (TPSA) is 52.9 Å². The van der Waals surface area contributed by atoms with Crippen LogP contribution in [0.5, 0.6) is 0 Å². The van der Waals surface area contributed by atoms with Crippen LogP contribution in [-0.2, 0) is 4.79 Å². The molecule has 2 rings (SSSR count). The lowest BCUT2D eigenvalue weighted by molar-refractivity contribution is -0.122. The number of nitrogens with one attached hydrogen (secondary N) is 1. The van der Waals surface area contributed by atoms with E-state index in [1.54, 1.807) is 6.07 Å². The fourth-order valence-electron chi connectivity index (χ4n) is 2.35. The van der Waals surface area contributed by atoms with Crippen LogP contribution in [0.4, 0.5) is 5.69 Å². The van der Waals surface area contributed by atoms with Crippen molar-refractivity contribution in [2.75, 3.05) is 5.32 Å². The van der Waals surface area contributed by atoms with Gasteiger partial charge in [-0.3, -0.25) is 4.79 Å². The van der Waals surface area contributed by atoms with Gasteiger partial charge in [-0.25, -0.2) is 0 Å². The first kappa shape index (κ1) is 14.4. The number of halogens is 2. The van der Waals surface area contributed by atoms with Crippen LogP contribution in [0.1, 0.15) is 31.2 Å². The first-order chi connectivity index (χ1) is 8.98. The molecular weight excluding hydrogens is 328 g/mol. The zero-order chi connectivity index (χ0) is 14.0. The normalized spacial score (nSPS) is 16.9. The maximum Gasteiger partial charge on any atom is 0.244 e. The van der Waals surface area contributed by atoms with Gasteiger partial charge >= 0.3 is 0 Å². The van der Waals surface area contributed by atoms with Crippen molar-refractivity contribution in [2.45, 2.75) is 32.6 Å². The SMILES string of the molecule is Cc1cc(Br)c(NC(=O)C2(C#N)CCCC2)cc1Cl. The van der Waals surface area contributed by atoms with Gasteiger partial charge in [-0.05, 0) is 53.4 Å². The van der Waals surface area contributed by atoms with E-state index in [4.69, 9.17) is 11.6 Å². The molecule has 0 atom stereocenters. The second-order valence-electron chi connectivity index (χ2n) is 4.94. The predicted molar refractivity (Wildman–Crippen MR) is 79.0 cm³/mol. The highest BCUT2D eigenvalue weighted by atomic mass is 79.9. The quantitative estimate of drug-likeness (QED) is 0.865. The van der Waals surface area contributed by atoms with E-state index < -0.39 is 5.41 Å². The molecule has 0 unspecified atom stereocenters. The number of benzene rings is 1. The third-order valence-electron chi connectivity index (χ3n) is 3.60. The maximum atomic E-state index is 12.3. The summed E-state index contributed by atoms with van der Waals surface area (Å²) in [4.78, 5) is 12.3. The number of hydrogen-bond donors (Lipinski definition) is 1. The Bertz CT molecular complexity index is 559. The molecule has 0 saturated heterocycles. The number of rotatable bonds is 2. The molecule has 3 nitrogen and oxygen atoms in total. The molecule has 1 fully saturated rings. The van der Waals surface area contributed by atoms with Gasteiger partial charge in [0.2, 0.25) is 5.91 Å². The molecule has 0 bridgehead atoms. The van der Waals surface area contributed by atoms with Gasteiger partial charge in [0.1, 0.15) is 5.41 Å². The van der Waals surface area contributed by atoms with E-state index in [1.165, 1.54) is 0 Å². The minimum Gasteiger partial charge on any atom is -0.324 e. The highest BCUT2D eigenvalue weighted by Crippen LogP contribution is 2.39. The van der Waals surface area contributed by atoms with Gasteiger partial charge in [0.15, 0.2) is 0 Å². The van der Waals surface area contributed by atoms with Crippen molar-refractivity contribution in [1.82, 2.24) is 0 Å². The van der Waals surface area contributed by atoms with Crippen molar-refractivity contribution in [3.05, 3.63) is 27.2 Å². The lowest BCUT2D eigenvalue weighted by atomic mass is 9.87. The van der Waals surface area contributed by atoms with Crippen LogP contribution in [0.25, 0.3) is 0 Å². The Morgan fingerprint density at radius 1 is 1.47 bits per heavy atom. The summed E-state index contributed by atoms with van der Waals surface area (Å²) in [6.45, 7) is 1.90. The molecule has 100 valence electrons. The summed E-state index contributed by atoms with van der Waals surface area (Å²) in [6.07, 6.45) is 3.12. The monoisotopic (exact) mass is 340 g/mol. The largest absolute Gasteiger partial charge is 0.324 e. The van der Waals surface area contributed by atoms with Crippen LogP contribution in [0.15, 0.2) is 16.6 Å². The second kappa shape index (κ2) is 5.52. The molecule has 0 radical (unpaired) electrons. The fraction of sp³-hybridized carbons (Fsp3) is 0.429. The van der Waals surface area contributed by atoms with Crippen LogP contribution >= 0.6 is 27.5 Å². The van der Waals surface area contributed by atoms with Crippen molar-refractivity contribution in [1.29, 1.82) is 5.26 Å². The van der Waals surface area contributed by atoms with Crippen LogP contribution < -0.4 is 5.32 Å². The Kier molecular flexibility index (Phi) is 4.17. The van der Waals surface area contributed by atoms with Crippen molar-refractivity contribution in [2.24, 2.45) is 5.41 Å². The summed E-state index contributed by atoms with van der Waals surface area (Å²) in [7, 11) is 0. The molecule has 0 heterocycles. The number of aryl methyl sites for hydroxylation is 1. The first-order valence-corrected chi connectivity index (χ1v) is 7.34. The summed E-state index contributed by atoms with van der Waals surface area (Å²) in [6, 6.07) is 5.74.